The summed E-state index contributed by atoms with van der Waals surface area (Å²) in [7, 11) is 0. The van der Waals surface area contributed by atoms with E-state index in [9.17, 15) is 9.59 Å². The van der Waals surface area contributed by atoms with Crippen molar-refractivity contribution < 1.29 is 14.7 Å². The van der Waals surface area contributed by atoms with Gasteiger partial charge in [0, 0.05) is 0 Å². The largest absolute Gasteiger partial charge is 0.480 e. The normalized spacial score (nSPS) is 12.3. The van der Waals surface area contributed by atoms with Gasteiger partial charge in [-0.15, -0.1) is 0 Å². The van der Waals surface area contributed by atoms with E-state index in [1.54, 1.807) is 0 Å². The number of carboxylic acids is 1. The highest BCUT2D eigenvalue weighted by Gasteiger charge is 2.21. The molecule has 0 spiro atoms. The molecule has 112 valence electrons. The third-order valence-electron chi connectivity index (χ3n) is 2.82. The molecule has 1 aromatic carbocycles. The quantitative estimate of drug-likeness (QED) is 0.792. The molecule has 0 radical (unpaired) electrons. The van der Waals surface area contributed by atoms with Crippen molar-refractivity contribution in [3.05, 3.63) is 24.3 Å². The van der Waals surface area contributed by atoms with Crippen LogP contribution in [0.3, 0.4) is 0 Å². The van der Waals surface area contributed by atoms with Gasteiger partial charge in [-0.2, -0.15) is 0 Å². The SMILES string of the molecule is CC(C)C[C@@H](NC(=O)Nc1nc2ccccc2s1)C(=O)O. The number of carbonyl (C=O) groups is 2. The highest BCUT2D eigenvalue weighted by atomic mass is 32.1. The second-order valence-corrected chi connectivity index (χ2v) is 6.14. The maximum Gasteiger partial charge on any atom is 0.326 e. The molecule has 1 aromatic heterocycles. The molecule has 0 aliphatic heterocycles. The monoisotopic (exact) mass is 307 g/mol. The van der Waals surface area contributed by atoms with Gasteiger partial charge in [0.05, 0.1) is 10.2 Å². The Hall–Kier alpha value is -2.15. The standard InChI is InChI=1S/C14H17N3O3S/c1-8(2)7-10(12(18)19)15-13(20)17-14-16-9-5-3-4-6-11(9)21-14/h3-6,8,10H,7H2,1-2H3,(H,18,19)(H2,15,16,17,20)/t10-/m1/s1. The van der Waals surface area contributed by atoms with E-state index in [2.05, 4.69) is 15.6 Å². The molecule has 7 heteroatoms. The lowest BCUT2D eigenvalue weighted by Crippen LogP contribution is -2.43. The van der Waals surface area contributed by atoms with Crippen LogP contribution in [0.25, 0.3) is 10.2 Å². The Morgan fingerprint density at radius 2 is 2.05 bits per heavy atom. The first-order chi connectivity index (χ1) is 9.95. The first-order valence-electron chi connectivity index (χ1n) is 6.61. The number of aliphatic carboxylic acids is 1. The Balaban J connectivity index is 2.01. The summed E-state index contributed by atoms with van der Waals surface area (Å²) in [6.45, 7) is 3.81. The van der Waals surface area contributed by atoms with Gasteiger partial charge < -0.3 is 10.4 Å². The average molecular weight is 307 g/mol. The molecule has 0 unspecified atom stereocenters. The van der Waals surface area contributed by atoms with Gasteiger partial charge in [0.25, 0.3) is 0 Å². The van der Waals surface area contributed by atoms with Crippen LogP contribution in [0.5, 0.6) is 0 Å². The Kier molecular flexibility index (Phi) is 4.74. The number of amides is 2. The molecule has 2 rings (SSSR count). The number of nitrogens with one attached hydrogen (secondary N) is 2. The van der Waals surface area contributed by atoms with Crippen molar-refractivity contribution in [3.63, 3.8) is 0 Å². The van der Waals surface area contributed by atoms with Crippen LogP contribution in [0.15, 0.2) is 24.3 Å². The van der Waals surface area contributed by atoms with Crippen LogP contribution in [0.4, 0.5) is 9.93 Å². The number of hydrogen-bond acceptors (Lipinski definition) is 4. The maximum atomic E-state index is 11.9. The van der Waals surface area contributed by atoms with Gasteiger partial charge in [0.1, 0.15) is 6.04 Å². The topological polar surface area (TPSA) is 91.3 Å². The van der Waals surface area contributed by atoms with E-state index in [0.29, 0.717) is 11.6 Å². The van der Waals surface area contributed by atoms with Crippen molar-refractivity contribution in [1.82, 2.24) is 10.3 Å². The molecule has 0 fully saturated rings. The van der Waals surface area contributed by atoms with Gasteiger partial charge in [0.15, 0.2) is 5.13 Å². The van der Waals surface area contributed by atoms with E-state index in [4.69, 9.17) is 5.11 Å². The molecule has 1 heterocycles. The first kappa shape index (κ1) is 15.2. The van der Waals surface area contributed by atoms with E-state index < -0.39 is 18.0 Å². The maximum absolute atomic E-state index is 11.9. The van der Waals surface area contributed by atoms with Gasteiger partial charge in [-0.05, 0) is 24.5 Å². The molecular weight excluding hydrogens is 290 g/mol. The summed E-state index contributed by atoms with van der Waals surface area (Å²) in [6, 6.07) is 6.08. The van der Waals surface area contributed by atoms with Crippen LogP contribution in [-0.4, -0.2) is 28.1 Å². The Morgan fingerprint density at radius 3 is 2.67 bits per heavy atom. The first-order valence-corrected chi connectivity index (χ1v) is 7.43. The number of carbonyl (C=O) groups excluding carboxylic acids is 1. The molecule has 21 heavy (non-hydrogen) atoms. The molecule has 0 saturated heterocycles. The molecule has 0 bridgehead atoms. The summed E-state index contributed by atoms with van der Waals surface area (Å²) in [5.74, 6) is -0.864. The number of hydrogen-bond donors (Lipinski definition) is 3. The number of urea groups is 1. The molecule has 2 aromatic rings. The lowest BCUT2D eigenvalue weighted by atomic mass is 10.0. The van der Waals surface area contributed by atoms with Gasteiger partial charge in [-0.3, -0.25) is 5.32 Å². The summed E-state index contributed by atoms with van der Waals surface area (Å²) >= 11 is 1.34. The minimum Gasteiger partial charge on any atom is -0.480 e. The number of nitrogens with zero attached hydrogens (tertiary/aromatic N) is 1. The van der Waals surface area contributed by atoms with E-state index in [1.165, 1.54) is 11.3 Å². The van der Waals surface area contributed by atoms with Crippen molar-refractivity contribution in [3.8, 4) is 0 Å². The number of aromatic nitrogens is 1. The van der Waals surface area contributed by atoms with Crippen molar-refractivity contribution >= 4 is 38.7 Å². The van der Waals surface area contributed by atoms with Gasteiger partial charge in [0.2, 0.25) is 0 Å². The third kappa shape index (κ3) is 4.16. The lowest BCUT2D eigenvalue weighted by molar-refractivity contribution is -0.139. The van der Waals surface area contributed by atoms with Crippen LogP contribution in [0, 0.1) is 5.92 Å². The predicted octanol–water partition coefficient (Wildman–Crippen LogP) is 2.92. The molecule has 2 amide bonds. The summed E-state index contributed by atoms with van der Waals surface area (Å²) in [5, 5.41) is 14.6. The minimum atomic E-state index is -1.04. The second kappa shape index (κ2) is 6.53. The molecule has 3 N–H and O–H groups in total. The van der Waals surface area contributed by atoms with Gasteiger partial charge in [-0.25, -0.2) is 14.6 Å². The van der Waals surface area contributed by atoms with Crippen molar-refractivity contribution in [2.24, 2.45) is 5.92 Å². The lowest BCUT2D eigenvalue weighted by Gasteiger charge is -2.16. The summed E-state index contributed by atoms with van der Waals surface area (Å²) in [5.41, 5.74) is 0.801. The summed E-state index contributed by atoms with van der Waals surface area (Å²) < 4.78 is 0.963. The second-order valence-electron chi connectivity index (χ2n) is 5.11. The zero-order valence-electron chi connectivity index (χ0n) is 11.8. The van der Waals surface area contributed by atoms with Crippen molar-refractivity contribution in [1.29, 1.82) is 0 Å². The van der Waals surface area contributed by atoms with Crippen molar-refractivity contribution in [2.45, 2.75) is 26.3 Å². The fourth-order valence-electron chi connectivity index (χ4n) is 1.91. The van der Waals surface area contributed by atoms with Gasteiger partial charge >= 0.3 is 12.0 Å². The fraction of sp³-hybridized carbons (Fsp3) is 0.357. The predicted molar refractivity (Wildman–Crippen MR) is 82.7 cm³/mol. The highest BCUT2D eigenvalue weighted by molar-refractivity contribution is 7.22. The molecule has 6 nitrogen and oxygen atoms in total. The van der Waals surface area contributed by atoms with Crippen molar-refractivity contribution in [2.75, 3.05) is 5.32 Å². The zero-order valence-corrected chi connectivity index (χ0v) is 12.6. The average Bonchev–Trinajstić information content (AvgIpc) is 2.79. The third-order valence-corrected chi connectivity index (χ3v) is 3.78. The minimum absolute atomic E-state index is 0.175. The highest BCUT2D eigenvalue weighted by Crippen LogP contribution is 2.25. The van der Waals surface area contributed by atoms with E-state index in [0.717, 1.165) is 10.2 Å². The number of anilines is 1. The summed E-state index contributed by atoms with van der Waals surface area (Å²) in [4.78, 5) is 27.2. The zero-order chi connectivity index (χ0) is 15.4. The molecular formula is C14H17N3O3S. The molecule has 0 aliphatic rings. The molecule has 1 atom stereocenters. The van der Waals surface area contributed by atoms with Crippen LogP contribution in [0.1, 0.15) is 20.3 Å². The molecule has 0 aliphatic carbocycles. The van der Waals surface area contributed by atoms with Crippen LogP contribution < -0.4 is 10.6 Å². The smallest absolute Gasteiger partial charge is 0.326 e. The van der Waals surface area contributed by atoms with Crippen LogP contribution in [-0.2, 0) is 4.79 Å². The number of thiazole rings is 1. The number of rotatable bonds is 5. The van der Waals surface area contributed by atoms with Gasteiger partial charge in [-0.1, -0.05) is 37.3 Å². The fourth-order valence-corrected chi connectivity index (χ4v) is 2.77. The summed E-state index contributed by atoms with van der Waals surface area (Å²) in [6.07, 6.45) is 0.378. The number of para-hydroxylation sites is 1. The number of benzene rings is 1. The van der Waals surface area contributed by atoms with E-state index in [-0.39, 0.29) is 5.92 Å². The van der Waals surface area contributed by atoms with E-state index in [1.807, 2.05) is 38.1 Å². The molecule has 0 saturated carbocycles. The Morgan fingerprint density at radius 1 is 1.33 bits per heavy atom. The number of carboxylic acid groups (broad SMARTS) is 1. The Labute approximate surface area is 126 Å². The number of fused-ring (bicyclic) bond motifs is 1. The Bertz CT molecular complexity index is 621. The van der Waals surface area contributed by atoms with Crippen LogP contribution >= 0.6 is 11.3 Å². The van der Waals surface area contributed by atoms with E-state index >= 15 is 0 Å². The van der Waals surface area contributed by atoms with Crippen LogP contribution in [0.2, 0.25) is 0 Å².